The van der Waals surface area contributed by atoms with Crippen molar-refractivity contribution in [2.24, 2.45) is 11.8 Å². The predicted molar refractivity (Wildman–Crippen MR) is 99.5 cm³/mol. The van der Waals surface area contributed by atoms with E-state index in [1.54, 1.807) is 14.2 Å². The Hall–Kier alpha value is -2.08. The largest absolute Gasteiger partial charge is 0.493 e. The average molecular weight is 359 g/mol. The molecule has 0 saturated carbocycles. The second kappa shape index (κ2) is 8.54. The van der Waals surface area contributed by atoms with Crippen LogP contribution in [0.4, 0.5) is 0 Å². The number of aromatic nitrogens is 2. The van der Waals surface area contributed by atoms with Crippen molar-refractivity contribution in [3.8, 4) is 11.5 Å². The fraction of sp³-hybridized carbons (Fsp3) is 0.600. The van der Waals surface area contributed by atoms with Crippen molar-refractivity contribution in [1.82, 2.24) is 15.1 Å². The Labute approximate surface area is 155 Å². The third-order valence-corrected chi connectivity index (χ3v) is 4.80. The van der Waals surface area contributed by atoms with Crippen molar-refractivity contribution >= 4 is 0 Å². The predicted octanol–water partition coefficient (Wildman–Crippen LogP) is 3.35. The molecule has 1 atom stereocenters. The van der Waals surface area contributed by atoms with Crippen molar-refractivity contribution in [1.29, 1.82) is 0 Å². The van der Waals surface area contributed by atoms with Gasteiger partial charge < -0.3 is 13.9 Å². The normalized spacial score (nSPS) is 17.8. The first kappa shape index (κ1) is 18.7. The first-order valence-corrected chi connectivity index (χ1v) is 9.32. The van der Waals surface area contributed by atoms with Gasteiger partial charge in [0.25, 0.3) is 0 Å². The molecule has 0 radical (unpaired) electrons. The minimum Gasteiger partial charge on any atom is -0.493 e. The van der Waals surface area contributed by atoms with Crippen LogP contribution in [0.5, 0.6) is 11.5 Å². The topological polar surface area (TPSA) is 60.6 Å². The summed E-state index contributed by atoms with van der Waals surface area (Å²) < 4.78 is 16.7. The summed E-state index contributed by atoms with van der Waals surface area (Å²) in [6.45, 7) is 7.27. The third-order valence-electron chi connectivity index (χ3n) is 4.80. The molecule has 0 spiro atoms. The van der Waals surface area contributed by atoms with Gasteiger partial charge in [0.15, 0.2) is 11.5 Å². The summed E-state index contributed by atoms with van der Waals surface area (Å²) in [5.41, 5.74) is 1.16. The summed E-state index contributed by atoms with van der Waals surface area (Å²) >= 11 is 0. The maximum absolute atomic E-state index is 5.80. The van der Waals surface area contributed by atoms with Crippen LogP contribution >= 0.6 is 0 Å². The molecule has 142 valence electrons. The van der Waals surface area contributed by atoms with E-state index < -0.39 is 0 Å². The SMILES string of the molecule is COc1cccc(CN2CCC(Cc3nnc(CC(C)C)o3)C2)c1OC. The van der Waals surface area contributed by atoms with Gasteiger partial charge in [0, 0.05) is 31.5 Å². The Balaban J connectivity index is 1.57. The first-order valence-electron chi connectivity index (χ1n) is 9.32. The van der Waals surface area contributed by atoms with Gasteiger partial charge in [-0.3, -0.25) is 4.90 Å². The number of benzene rings is 1. The Morgan fingerprint density at radius 3 is 2.73 bits per heavy atom. The lowest BCUT2D eigenvalue weighted by molar-refractivity contribution is 0.298. The van der Waals surface area contributed by atoms with Gasteiger partial charge in [0.1, 0.15) is 0 Å². The van der Waals surface area contributed by atoms with Gasteiger partial charge in [0.05, 0.1) is 14.2 Å². The standard InChI is InChI=1S/C20H29N3O3/c1-14(2)10-18-21-22-19(26-18)11-15-8-9-23(12-15)13-16-6-5-7-17(24-3)20(16)25-4/h5-7,14-15H,8-13H2,1-4H3. The molecule has 1 fully saturated rings. The smallest absolute Gasteiger partial charge is 0.216 e. The van der Waals surface area contributed by atoms with Gasteiger partial charge in [-0.25, -0.2) is 0 Å². The fourth-order valence-electron chi connectivity index (χ4n) is 3.59. The van der Waals surface area contributed by atoms with Crippen LogP contribution in [-0.4, -0.2) is 42.4 Å². The molecule has 1 aromatic carbocycles. The molecule has 1 aliphatic heterocycles. The molecule has 2 aromatic rings. The van der Waals surface area contributed by atoms with Crippen LogP contribution in [0.15, 0.2) is 22.6 Å². The summed E-state index contributed by atoms with van der Waals surface area (Å²) in [7, 11) is 3.37. The number of ether oxygens (including phenoxy) is 2. The molecule has 6 nitrogen and oxygen atoms in total. The minimum atomic E-state index is 0.531. The zero-order valence-corrected chi connectivity index (χ0v) is 16.2. The Kier molecular flexibility index (Phi) is 6.14. The van der Waals surface area contributed by atoms with Crippen molar-refractivity contribution in [2.75, 3.05) is 27.3 Å². The van der Waals surface area contributed by atoms with E-state index in [4.69, 9.17) is 13.9 Å². The maximum atomic E-state index is 5.80. The third kappa shape index (κ3) is 4.55. The molecule has 1 aromatic heterocycles. The zero-order chi connectivity index (χ0) is 18.5. The lowest BCUT2D eigenvalue weighted by Gasteiger charge is -2.19. The Morgan fingerprint density at radius 2 is 2.00 bits per heavy atom. The van der Waals surface area contributed by atoms with Gasteiger partial charge >= 0.3 is 0 Å². The molecule has 1 unspecified atom stereocenters. The van der Waals surface area contributed by atoms with E-state index in [-0.39, 0.29) is 0 Å². The van der Waals surface area contributed by atoms with Crippen LogP contribution in [0.2, 0.25) is 0 Å². The van der Waals surface area contributed by atoms with Gasteiger partial charge in [-0.1, -0.05) is 26.0 Å². The van der Waals surface area contributed by atoms with Crippen molar-refractivity contribution in [3.05, 3.63) is 35.5 Å². The lowest BCUT2D eigenvalue weighted by atomic mass is 10.1. The number of hydrogen-bond acceptors (Lipinski definition) is 6. The second-order valence-electron chi connectivity index (χ2n) is 7.43. The molecule has 26 heavy (non-hydrogen) atoms. The van der Waals surface area contributed by atoms with E-state index in [0.29, 0.717) is 11.8 Å². The van der Waals surface area contributed by atoms with Crippen LogP contribution in [0.3, 0.4) is 0 Å². The number of para-hydroxylation sites is 1. The highest BCUT2D eigenvalue weighted by molar-refractivity contribution is 5.46. The molecule has 0 aliphatic carbocycles. The molecule has 0 bridgehead atoms. The summed E-state index contributed by atoms with van der Waals surface area (Å²) in [6.07, 6.45) is 2.85. The van der Waals surface area contributed by atoms with Crippen LogP contribution in [0, 0.1) is 11.8 Å². The summed E-state index contributed by atoms with van der Waals surface area (Å²) in [4.78, 5) is 2.45. The fourth-order valence-corrected chi connectivity index (χ4v) is 3.59. The van der Waals surface area contributed by atoms with E-state index in [9.17, 15) is 0 Å². The average Bonchev–Trinajstić information content (AvgIpc) is 3.24. The highest BCUT2D eigenvalue weighted by atomic mass is 16.5. The number of rotatable bonds is 8. The van der Waals surface area contributed by atoms with E-state index in [1.165, 1.54) is 0 Å². The molecule has 1 aliphatic rings. The van der Waals surface area contributed by atoms with Crippen molar-refractivity contribution < 1.29 is 13.9 Å². The highest BCUT2D eigenvalue weighted by Crippen LogP contribution is 2.32. The van der Waals surface area contributed by atoms with Gasteiger partial charge in [-0.05, 0) is 30.9 Å². The van der Waals surface area contributed by atoms with Crippen LogP contribution in [0.25, 0.3) is 0 Å². The number of hydrogen-bond donors (Lipinski definition) is 0. The molecule has 6 heteroatoms. The number of nitrogens with zero attached hydrogens (tertiary/aromatic N) is 3. The van der Waals surface area contributed by atoms with E-state index in [2.05, 4.69) is 35.0 Å². The van der Waals surface area contributed by atoms with Gasteiger partial charge in [0.2, 0.25) is 11.8 Å². The molecule has 1 saturated heterocycles. The van der Waals surface area contributed by atoms with Gasteiger partial charge in [-0.2, -0.15) is 0 Å². The first-order chi connectivity index (χ1) is 12.6. The number of likely N-dealkylation sites (tertiary alicyclic amines) is 1. The Bertz CT molecular complexity index is 714. The monoisotopic (exact) mass is 359 g/mol. The molecule has 3 rings (SSSR count). The van der Waals surface area contributed by atoms with Crippen LogP contribution in [-0.2, 0) is 19.4 Å². The van der Waals surface area contributed by atoms with E-state index in [0.717, 1.165) is 67.7 Å². The highest BCUT2D eigenvalue weighted by Gasteiger charge is 2.25. The number of methoxy groups -OCH3 is 2. The summed E-state index contributed by atoms with van der Waals surface area (Å²) in [5.74, 6) is 4.22. The zero-order valence-electron chi connectivity index (χ0n) is 16.2. The molecular formula is C20H29N3O3. The molecule has 0 N–H and O–H groups in total. The summed E-state index contributed by atoms with van der Waals surface area (Å²) in [5, 5.41) is 8.39. The molecule has 0 amide bonds. The minimum absolute atomic E-state index is 0.531. The maximum Gasteiger partial charge on any atom is 0.216 e. The Morgan fingerprint density at radius 1 is 1.19 bits per heavy atom. The van der Waals surface area contributed by atoms with Crippen molar-refractivity contribution in [3.63, 3.8) is 0 Å². The van der Waals surface area contributed by atoms with Crippen LogP contribution in [0.1, 0.15) is 37.6 Å². The summed E-state index contributed by atoms with van der Waals surface area (Å²) in [6, 6.07) is 6.04. The second-order valence-corrected chi connectivity index (χ2v) is 7.43. The van der Waals surface area contributed by atoms with Crippen LogP contribution < -0.4 is 9.47 Å². The quantitative estimate of drug-likeness (QED) is 0.720. The molecule has 2 heterocycles. The van der Waals surface area contributed by atoms with E-state index in [1.807, 2.05) is 12.1 Å². The van der Waals surface area contributed by atoms with E-state index >= 15 is 0 Å². The molecular weight excluding hydrogens is 330 g/mol. The van der Waals surface area contributed by atoms with Gasteiger partial charge in [-0.15, -0.1) is 10.2 Å². The lowest BCUT2D eigenvalue weighted by Crippen LogP contribution is -2.21. The van der Waals surface area contributed by atoms with Crippen molar-refractivity contribution in [2.45, 2.75) is 39.7 Å².